The van der Waals surface area contributed by atoms with Gasteiger partial charge in [0.15, 0.2) is 0 Å². The second kappa shape index (κ2) is 6.92. The van der Waals surface area contributed by atoms with Crippen molar-refractivity contribution >= 4 is 21.8 Å². The summed E-state index contributed by atoms with van der Waals surface area (Å²) in [6, 6.07) is 15.2. The van der Waals surface area contributed by atoms with Crippen LogP contribution in [0.5, 0.6) is 0 Å². The van der Waals surface area contributed by atoms with Gasteiger partial charge in [0.25, 0.3) is 5.91 Å². The molecule has 0 fully saturated rings. The van der Waals surface area contributed by atoms with E-state index in [9.17, 15) is 4.79 Å². The Morgan fingerprint density at radius 1 is 1.08 bits per heavy atom. The van der Waals surface area contributed by atoms with E-state index in [1.807, 2.05) is 48.5 Å². The molecule has 0 saturated heterocycles. The maximum atomic E-state index is 11.9. The van der Waals surface area contributed by atoms with Gasteiger partial charge in [-0.1, -0.05) is 28.1 Å². The van der Waals surface area contributed by atoms with Crippen molar-refractivity contribution in [1.82, 2.24) is 25.1 Å². The minimum absolute atomic E-state index is 0.0158. The fourth-order valence-electron chi connectivity index (χ4n) is 2.20. The number of amides is 1. The highest BCUT2D eigenvalue weighted by atomic mass is 79.9. The molecule has 0 spiro atoms. The zero-order chi connectivity index (χ0) is 17.1. The van der Waals surface area contributed by atoms with Gasteiger partial charge < -0.3 is 4.90 Å². The SMILES string of the molecule is CN(C)C(=O)c1ccc(Cn2nnc(-c3ccc(Br)cc3)n2)cc1. The summed E-state index contributed by atoms with van der Waals surface area (Å²) < 4.78 is 1.01. The van der Waals surface area contributed by atoms with E-state index < -0.39 is 0 Å². The second-order valence-electron chi connectivity index (χ2n) is 5.55. The number of carbonyl (C=O) groups is 1. The zero-order valence-corrected chi connectivity index (χ0v) is 14.9. The van der Waals surface area contributed by atoms with Gasteiger partial charge in [-0.2, -0.15) is 4.80 Å². The van der Waals surface area contributed by atoms with Gasteiger partial charge in [-0.15, -0.1) is 10.2 Å². The number of tetrazole rings is 1. The summed E-state index contributed by atoms with van der Waals surface area (Å²) >= 11 is 3.40. The van der Waals surface area contributed by atoms with E-state index in [-0.39, 0.29) is 5.91 Å². The molecule has 2 aromatic carbocycles. The lowest BCUT2D eigenvalue weighted by Gasteiger charge is -2.10. The van der Waals surface area contributed by atoms with Crippen molar-refractivity contribution in [3.05, 3.63) is 64.1 Å². The first-order valence-electron chi connectivity index (χ1n) is 7.37. The van der Waals surface area contributed by atoms with Crippen molar-refractivity contribution < 1.29 is 4.79 Å². The van der Waals surface area contributed by atoms with Crippen LogP contribution in [0.25, 0.3) is 11.4 Å². The number of rotatable bonds is 4. The normalized spacial score (nSPS) is 10.6. The first kappa shape index (κ1) is 16.3. The Kier molecular flexibility index (Phi) is 4.71. The third kappa shape index (κ3) is 3.68. The van der Waals surface area contributed by atoms with Crippen LogP contribution in [0.2, 0.25) is 0 Å². The summed E-state index contributed by atoms with van der Waals surface area (Å²) in [7, 11) is 3.47. The summed E-state index contributed by atoms with van der Waals surface area (Å²) in [4.78, 5) is 15.0. The van der Waals surface area contributed by atoms with Crippen LogP contribution in [0.4, 0.5) is 0 Å². The van der Waals surface area contributed by atoms with Crippen molar-refractivity contribution in [2.24, 2.45) is 0 Å². The topological polar surface area (TPSA) is 63.9 Å². The van der Waals surface area contributed by atoms with Crippen LogP contribution in [0.15, 0.2) is 53.0 Å². The van der Waals surface area contributed by atoms with Crippen LogP contribution in [0.1, 0.15) is 15.9 Å². The Labute approximate surface area is 148 Å². The number of hydrogen-bond acceptors (Lipinski definition) is 4. The minimum atomic E-state index is -0.0158. The number of nitrogens with zero attached hydrogens (tertiary/aromatic N) is 5. The maximum Gasteiger partial charge on any atom is 0.253 e. The molecular weight excluding hydrogens is 370 g/mol. The van der Waals surface area contributed by atoms with Gasteiger partial charge in [0, 0.05) is 29.7 Å². The number of halogens is 1. The summed E-state index contributed by atoms with van der Waals surface area (Å²) in [5.41, 5.74) is 2.58. The van der Waals surface area contributed by atoms with E-state index in [0.29, 0.717) is 17.9 Å². The largest absolute Gasteiger partial charge is 0.345 e. The lowest BCUT2D eigenvalue weighted by molar-refractivity contribution is 0.0827. The molecule has 0 aliphatic carbocycles. The molecule has 0 atom stereocenters. The average Bonchev–Trinajstić information content (AvgIpc) is 3.04. The quantitative estimate of drug-likeness (QED) is 0.692. The Bertz CT molecular complexity index is 840. The molecule has 7 heteroatoms. The highest BCUT2D eigenvalue weighted by molar-refractivity contribution is 9.10. The molecule has 6 nitrogen and oxygen atoms in total. The van der Waals surface area contributed by atoms with Gasteiger partial charge in [-0.05, 0) is 47.2 Å². The van der Waals surface area contributed by atoms with Crippen molar-refractivity contribution in [2.75, 3.05) is 14.1 Å². The standard InChI is InChI=1S/C17H16BrN5O/c1-22(2)17(24)14-5-3-12(4-6-14)11-23-20-16(19-21-23)13-7-9-15(18)10-8-13/h3-10H,11H2,1-2H3. The number of carbonyl (C=O) groups excluding carboxylic acids is 1. The highest BCUT2D eigenvalue weighted by Crippen LogP contribution is 2.17. The smallest absolute Gasteiger partial charge is 0.253 e. The fraction of sp³-hybridized carbons (Fsp3) is 0.176. The van der Waals surface area contributed by atoms with Crippen LogP contribution < -0.4 is 0 Å². The molecule has 3 aromatic rings. The predicted octanol–water partition coefficient (Wildman–Crippen LogP) is 2.85. The first-order chi connectivity index (χ1) is 11.5. The second-order valence-corrected chi connectivity index (χ2v) is 6.46. The van der Waals surface area contributed by atoms with Crippen LogP contribution >= 0.6 is 15.9 Å². The molecule has 1 heterocycles. The molecular formula is C17H16BrN5O. The molecule has 1 amide bonds. The van der Waals surface area contributed by atoms with Gasteiger partial charge >= 0.3 is 0 Å². The first-order valence-corrected chi connectivity index (χ1v) is 8.16. The molecule has 24 heavy (non-hydrogen) atoms. The molecule has 3 rings (SSSR count). The lowest BCUT2D eigenvalue weighted by Crippen LogP contribution is -2.21. The Morgan fingerprint density at radius 2 is 1.75 bits per heavy atom. The Hall–Kier alpha value is -2.54. The molecule has 0 aliphatic rings. The van der Waals surface area contributed by atoms with E-state index in [4.69, 9.17) is 0 Å². The van der Waals surface area contributed by atoms with Crippen LogP contribution in [-0.4, -0.2) is 45.1 Å². The Morgan fingerprint density at radius 3 is 2.38 bits per heavy atom. The molecule has 0 saturated carbocycles. The van der Waals surface area contributed by atoms with Gasteiger partial charge in [-0.25, -0.2) is 0 Å². The van der Waals surface area contributed by atoms with Gasteiger partial charge in [0.1, 0.15) is 0 Å². The van der Waals surface area contributed by atoms with Crippen LogP contribution in [0, 0.1) is 0 Å². The molecule has 1 aromatic heterocycles. The molecule has 0 radical (unpaired) electrons. The minimum Gasteiger partial charge on any atom is -0.345 e. The van der Waals surface area contributed by atoms with Crippen molar-refractivity contribution in [3.8, 4) is 11.4 Å². The molecule has 0 bridgehead atoms. The molecule has 0 aliphatic heterocycles. The lowest BCUT2D eigenvalue weighted by atomic mass is 10.1. The maximum absolute atomic E-state index is 11.9. The number of hydrogen-bond donors (Lipinski definition) is 0. The number of aromatic nitrogens is 4. The van der Waals surface area contributed by atoms with Crippen LogP contribution in [-0.2, 0) is 6.54 Å². The summed E-state index contributed by atoms with van der Waals surface area (Å²) in [5.74, 6) is 0.569. The van der Waals surface area contributed by atoms with E-state index in [1.54, 1.807) is 23.8 Å². The summed E-state index contributed by atoms with van der Waals surface area (Å²) in [6.45, 7) is 0.500. The highest BCUT2D eigenvalue weighted by Gasteiger charge is 2.09. The van der Waals surface area contributed by atoms with Crippen LogP contribution in [0.3, 0.4) is 0 Å². The van der Waals surface area contributed by atoms with Crippen molar-refractivity contribution in [2.45, 2.75) is 6.54 Å². The van der Waals surface area contributed by atoms with Gasteiger partial charge in [0.05, 0.1) is 6.54 Å². The van der Waals surface area contributed by atoms with E-state index >= 15 is 0 Å². The molecule has 122 valence electrons. The Balaban J connectivity index is 1.73. The third-order valence-electron chi connectivity index (χ3n) is 3.49. The van der Waals surface area contributed by atoms with Gasteiger partial charge in [-0.3, -0.25) is 4.79 Å². The fourth-order valence-corrected chi connectivity index (χ4v) is 2.46. The summed E-state index contributed by atoms with van der Waals surface area (Å²) in [6.07, 6.45) is 0. The summed E-state index contributed by atoms with van der Waals surface area (Å²) in [5, 5.41) is 12.6. The predicted molar refractivity (Wildman–Crippen MR) is 94.5 cm³/mol. The molecule has 0 unspecified atom stereocenters. The van der Waals surface area contributed by atoms with Crippen molar-refractivity contribution in [1.29, 1.82) is 0 Å². The van der Waals surface area contributed by atoms with Gasteiger partial charge in [0.2, 0.25) is 5.82 Å². The third-order valence-corrected chi connectivity index (χ3v) is 4.01. The van der Waals surface area contributed by atoms with Crippen molar-refractivity contribution in [3.63, 3.8) is 0 Å². The monoisotopic (exact) mass is 385 g/mol. The average molecular weight is 386 g/mol. The molecule has 0 N–H and O–H groups in total. The number of benzene rings is 2. The van der Waals surface area contributed by atoms with E-state index in [1.165, 1.54) is 0 Å². The van der Waals surface area contributed by atoms with E-state index in [0.717, 1.165) is 15.6 Å². The van der Waals surface area contributed by atoms with E-state index in [2.05, 4.69) is 31.3 Å². The zero-order valence-electron chi connectivity index (χ0n) is 13.3.